The highest BCUT2D eigenvalue weighted by Crippen LogP contribution is 2.09. The molecule has 0 aliphatic carbocycles. The summed E-state index contributed by atoms with van der Waals surface area (Å²) < 4.78 is 12.8. The Morgan fingerprint density at radius 2 is 2.06 bits per heavy atom. The number of hydrogen-bond donors (Lipinski definition) is 1. The maximum Gasteiger partial charge on any atom is 0.123 e. The van der Waals surface area contributed by atoms with Gasteiger partial charge in [-0.1, -0.05) is 12.1 Å². The Labute approximate surface area is 103 Å². The molecular formula is C14H21FN2. The van der Waals surface area contributed by atoms with Crippen molar-refractivity contribution >= 4 is 0 Å². The van der Waals surface area contributed by atoms with Crippen LogP contribution in [0.5, 0.6) is 0 Å². The van der Waals surface area contributed by atoms with Crippen molar-refractivity contribution in [3.05, 3.63) is 35.6 Å². The lowest BCUT2D eigenvalue weighted by atomic mass is 10.1. The molecule has 1 aliphatic rings. The van der Waals surface area contributed by atoms with Gasteiger partial charge in [0.2, 0.25) is 0 Å². The fraction of sp³-hybridized carbons (Fsp3) is 0.571. The molecule has 1 aromatic rings. The smallest absolute Gasteiger partial charge is 0.123 e. The molecule has 1 aliphatic heterocycles. The summed E-state index contributed by atoms with van der Waals surface area (Å²) >= 11 is 0. The molecule has 1 N–H and O–H groups in total. The van der Waals surface area contributed by atoms with Gasteiger partial charge in [0.25, 0.3) is 0 Å². The quantitative estimate of drug-likeness (QED) is 0.864. The van der Waals surface area contributed by atoms with Gasteiger partial charge >= 0.3 is 0 Å². The molecule has 1 saturated heterocycles. The molecule has 2 rings (SSSR count). The minimum atomic E-state index is -0.152. The van der Waals surface area contributed by atoms with Crippen LogP contribution in [0.2, 0.25) is 0 Å². The van der Waals surface area contributed by atoms with Crippen molar-refractivity contribution in [3.63, 3.8) is 0 Å². The van der Waals surface area contributed by atoms with Crippen LogP contribution in [0.4, 0.5) is 4.39 Å². The third-order valence-corrected chi connectivity index (χ3v) is 3.54. The minimum Gasteiger partial charge on any atom is -0.315 e. The summed E-state index contributed by atoms with van der Waals surface area (Å²) in [6.45, 7) is 6.66. The highest BCUT2D eigenvalue weighted by Gasteiger charge is 2.15. The van der Waals surface area contributed by atoms with Crippen LogP contribution in [-0.2, 0) is 6.42 Å². The van der Waals surface area contributed by atoms with E-state index in [9.17, 15) is 4.39 Å². The summed E-state index contributed by atoms with van der Waals surface area (Å²) in [6, 6.07) is 7.50. The molecule has 17 heavy (non-hydrogen) atoms. The Kier molecular flexibility index (Phi) is 4.51. The molecule has 1 atom stereocenters. The Balaban J connectivity index is 1.85. The van der Waals surface area contributed by atoms with Gasteiger partial charge in [0.05, 0.1) is 0 Å². The van der Waals surface area contributed by atoms with Crippen LogP contribution in [-0.4, -0.2) is 37.1 Å². The average molecular weight is 236 g/mol. The summed E-state index contributed by atoms with van der Waals surface area (Å²) in [5.74, 6) is -0.152. The minimum absolute atomic E-state index is 0.152. The van der Waals surface area contributed by atoms with Gasteiger partial charge in [-0.2, -0.15) is 0 Å². The lowest BCUT2D eigenvalue weighted by Gasteiger charge is -2.26. The van der Waals surface area contributed by atoms with E-state index in [0.717, 1.165) is 32.6 Å². The molecule has 0 radical (unpaired) electrons. The van der Waals surface area contributed by atoms with Gasteiger partial charge < -0.3 is 5.32 Å². The highest BCUT2D eigenvalue weighted by atomic mass is 19.1. The summed E-state index contributed by atoms with van der Waals surface area (Å²) in [4.78, 5) is 2.52. The fourth-order valence-electron chi connectivity index (χ4n) is 2.32. The van der Waals surface area contributed by atoms with Crippen LogP contribution in [0.25, 0.3) is 0 Å². The normalized spacial score (nSPS) is 22.4. The van der Waals surface area contributed by atoms with Gasteiger partial charge in [0.1, 0.15) is 5.82 Å². The van der Waals surface area contributed by atoms with Crippen LogP contribution in [0.1, 0.15) is 18.9 Å². The maximum atomic E-state index is 12.8. The van der Waals surface area contributed by atoms with Crippen molar-refractivity contribution < 1.29 is 4.39 Å². The Bertz CT molecular complexity index is 337. The SMILES string of the molecule is CC1CCNCCN1CCc1ccc(F)cc1. The molecule has 1 unspecified atom stereocenters. The molecule has 94 valence electrons. The molecule has 0 amide bonds. The summed E-state index contributed by atoms with van der Waals surface area (Å²) in [5.41, 5.74) is 1.22. The molecular weight excluding hydrogens is 215 g/mol. The van der Waals surface area contributed by atoms with Crippen LogP contribution in [0.15, 0.2) is 24.3 Å². The third-order valence-electron chi connectivity index (χ3n) is 3.54. The molecule has 1 heterocycles. The molecule has 1 fully saturated rings. The first-order valence-electron chi connectivity index (χ1n) is 6.45. The second kappa shape index (κ2) is 6.12. The maximum absolute atomic E-state index is 12.8. The summed E-state index contributed by atoms with van der Waals surface area (Å²) in [7, 11) is 0. The zero-order valence-electron chi connectivity index (χ0n) is 10.5. The highest BCUT2D eigenvalue weighted by molar-refractivity contribution is 5.16. The molecule has 3 heteroatoms. The topological polar surface area (TPSA) is 15.3 Å². The van der Waals surface area contributed by atoms with Gasteiger partial charge in [0, 0.05) is 25.7 Å². The first-order valence-corrected chi connectivity index (χ1v) is 6.45. The molecule has 1 aromatic carbocycles. The number of rotatable bonds is 3. The number of hydrogen-bond acceptors (Lipinski definition) is 2. The molecule has 0 saturated carbocycles. The molecule has 0 aromatic heterocycles. The number of halogens is 1. The van der Waals surface area contributed by atoms with Crippen molar-refractivity contribution in [3.8, 4) is 0 Å². The van der Waals surface area contributed by atoms with E-state index in [1.807, 2.05) is 12.1 Å². The zero-order valence-corrected chi connectivity index (χ0v) is 10.5. The zero-order chi connectivity index (χ0) is 12.1. The summed E-state index contributed by atoms with van der Waals surface area (Å²) in [5, 5.41) is 3.42. The predicted molar refractivity (Wildman–Crippen MR) is 68.6 cm³/mol. The Hall–Kier alpha value is -0.930. The van der Waals surface area contributed by atoms with E-state index in [0.29, 0.717) is 6.04 Å². The van der Waals surface area contributed by atoms with E-state index < -0.39 is 0 Å². The lowest BCUT2D eigenvalue weighted by molar-refractivity contribution is 0.223. The van der Waals surface area contributed by atoms with Gasteiger partial charge in [-0.15, -0.1) is 0 Å². The Morgan fingerprint density at radius 1 is 1.29 bits per heavy atom. The largest absolute Gasteiger partial charge is 0.315 e. The van der Waals surface area contributed by atoms with Crippen LogP contribution >= 0.6 is 0 Å². The van der Waals surface area contributed by atoms with E-state index in [-0.39, 0.29) is 5.82 Å². The standard InChI is InChI=1S/C14H21FN2/c1-12-6-8-16-9-11-17(12)10-7-13-2-4-14(15)5-3-13/h2-5,12,16H,6-11H2,1H3. The second-order valence-electron chi connectivity index (χ2n) is 4.80. The van der Waals surface area contributed by atoms with E-state index in [1.165, 1.54) is 12.0 Å². The third kappa shape index (κ3) is 3.79. The lowest BCUT2D eigenvalue weighted by Crippen LogP contribution is -2.35. The van der Waals surface area contributed by atoms with Crippen molar-refractivity contribution in [2.75, 3.05) is 26.2 Å². The van der Waals surface area contributed by atoms with Gasteiger partial charge in [0.15, 0.2) is 0 Å². The van der Waals surface area contributed by atoms with E-state index in [1.54, 1.807) is 12.1 Å². The summed E-state index contributed by atoms with van der Waals surface area (Å²) in [6.07, 6.45) is 2.22. The van der Waals surface area contributed by atoms with Crippen molar-refractivity contribution in [1.82, 2.24) is 10.2 Å². The van der Waals surface area contributed by atoms with Gasteiger partial charge in [-0.05, 0) is 44.0 Å². The van der Waals surface area contributed by atoms with Crippen molar-refractivity contribution in [2.45, 2.75) is 25.8 Å². The Morgan fingerprint density at radius 3 is 2.82 bits per heavy atom. The predicted octanol–water partition coefficient (Wildman–Crippen LogP) is 2.05. The van der Waals surface area contributed by atoms with E-state index in [4.69, 9.17) is 0 Å². The van der Waals surface area contributed by atoms with E-state index >= 15 is 0 Å². The number of benzene rings is 1. The molecule has 0 bridgehead atoms. The van der Waals surface area contributed by atoms with Gasteiger partial charge in [-0.3, -0.25) is 4.90 Å². The molecule has 2 nitrogen and oxygen atoms in total. The van der Waals surface area contributed by atoms with Crippen molar-refractivity contribution in [1.29, 1.82) is 0 Å². The fourth-order valence-corrected chi connectivity index (χ4v) is 2.32. The first kappa shape index (κ1) is 12.5. The average Bonchev–Trinajstić information content (AvgIpc) is 2.54. The van der Waals surface area contributed by atoms with Crippen LogP contribution in [0.3, 0.4) is 0 Å². The number of nitrogens with zero attached hydrogens (tertiary/aromatic N) is 1. The van der Waals surface area contributed by atoms with Crippen LogP contribution < -0.4 is 5.32 Å². The first-order chi connectivity index (χ1) is 8.25. The molecule has 0 spiro atoms. The van der Waals surface area contributed by atoms with Gasteiger partial charge in [-0.25, -0.2) is 4.39 Å². The van der Waals surface area contributed by atoms with Crippen LogP contribution in [0, 0.1) is 5.82 Å². The monoisotopic (exact) mass is 236 g/mol. The van der Waals surface area contributed by atoms with Crippen molar-refractivity contribution in [2.24, 2.45) is 0 Å². The van der Waals surface area contributed by atoms with E-state index in [2.05, 4.69) is 17.1 Å². The number of nitrogens with one attached hydrogen (secondary N) is 1. The second-order valence-corrected chi connectivity index (χ2v) is 4.80.